The summed E-state index contributed by atoms with van der Waals surface area (Å²) in [6, 6.07) is 9.42. The molecule has 182 valence electrons. The molecule has 2 aromatic heterocycles. The van der Waals surface area contributed by atoms with Crippen LogP contribution in [0.1, 0.15) is 18.2 Å². The SMILES string of the molecule is Cc1ccc(OC(C)C(=O)O)cc1-c1noc2ccc(-n3c(=O)cc(C(F)(F)F)n(C)c3=O)cc12. The normalized spacial score (nSPS) is 12.6. The van der Waals surface area contributed by atoms with Crippen molar-refractivity contribution >= 4 is 16.9 Å². The number of carboxylic acids is 1. The van der Waals surface area contributed by atoms with Gasteiger partial charge < -0.3 is 14.4 Å². The fourth-order valence-corrected chi connectivity index (χ4v) is 3.58. The largest absolute Gasteiger partial charge is 0.479 e. The molecule has 0 aliphatic heterocycles. The number of aryl methyl sites for hydroxylation is 1. The summed E-state index contributed by atoms with van der Waals surface area (Å²) in [4.78, 5) is 36.3. The summed E-state index contributed by atoms with van der Waals surface area (Å²) in [5.41, 5.74) is -1.78. The van der Waals surface area contributed by atoms with E-state index >= 15 is 0 Å². The highest BCUT2D eigenvalue weighted by atomic mass is 19.4. The number of carbonyl (C=O) groups is 1. The number of carboxylic acid groups (broad SMARTS) is 1. The molecule has 35 heavy (non-hydrogen) atoms. The minimum Gasteiger partial charge on any atom is -0.479 e. The van der Waals surface area contributed by atoms with Gasteiger partial charge in [0.2, 0.25) is 0 Å². The van der Waals surface area contributed by atoms with Gasteiger partial charge in [0.15, 0.2) is 11.7 Å². The summed E-state index contributed by atoms with van der Waals surface area (Å²) in [7, 11) is 0.928. The molecule has 0 saturated carbocycles. The zero-order valence-corrected chi connectivity index (χ0v) is 18.6. The van der Waals surface area contributed by atoms with E-state index in [2.05, 4.69) is 5.16 Å². The molecular weight excluding hydrogens is 471 g/mol. The Morgan fingerprint density at radius 3 is 2.51 bits per heavy atom. The minimum atomic E-state index is -4.87. The van der Waals surface area contributed by atoms with E-state index in [1.54, 1.807) is 25.1 Å². The average molecular weight is 489 g/mol. The van der Waals surface area contributed by atoms with Crippen molar-refractivity contribution < 1.29 is 32.3 Å². The van der Waals surface area contributed by atoms with Crippen LogP contribution in [-0.4, -0.2) is 31.5 Å². The first kappa shape index (κ1) is 23.8. The molecule has 2 aromatic carbocycles. The van der Waals surface area contributed by atoms with Crippen molar-refractivity contribution in [2.75, 3.05) is 0 Å². The lowest BCUT2D eigenvalue weighted by molar-refractivity contribution is -0.144. The Morgan fingerprint density at radius 2 is 1.86 bits per heavy atom. The smallest absolute Gasteiger partial charge is 0.431 e. The van der Waals surface area contributed by atoms with Crippen molar-refractivity contribution in [1.29, 1.82) is 0 Å². The molecule has 12 heteroatoms. The van der Waals surface area contributed by atoms with Gasteiger partial charge in [0.05, 0.1) is 11.1 Å². The first-order valence-electron chi connectivity index (χ1n) is 10.2. The first-order chi connectivity index (χ1) is 16.4. The molecule has 2 heterocycles. The van der Waals surface area contributed by atoms with Crippen LogP contribution in [0, 0.1) is 6.92 Å². The van der Waals surface area contributed by atoms with E-state index in [9.17, 15) is 27.6 Å². The fourth-order valence-electron chi connectivity index (χ4n) is 3.58. The summed E-state index contributed by atoms with van der Waals surface area (Å²) >= 11 is 0. The summed E-state index contributed by atoms with van der Waals surface area (Å²) in [6.07, 6.45) is -5.98. The molecule has 0 aliphatic rings. The quantitative estimate of drug-likeness (QED) is 0.456. The third-order valence-electron chi connectivity index (χ3n) is 5.45. The van der Waals surface area contributed by atoms with E-state index < -0.39 is 35.2 Å². The molecule has 9 nitrogen and oxygen atoms in total. The van der Waals surface area contributed by atoms with Crippen molar-refractivity contribution in [2.24, 2.45) is 7.05 Å². The molecule has 4 rings (SSSR count). The Balaban J connectivity index is 1.87. The van der Waals surface area contributed by atoms with Crippen LogP contribution in [0.25, 0.3) is 27.9 Å². The lowest BCUT2D eigenvalue weighted by Gasteiger charge is -2.14. The van der Waals surface area contributed by atoms with Crippen LogP contribution < -0.4 is 16.0 Å². The number of aliphatic carboxylic acids is 1. The molecule has 0 amide bonds. The predicted octanol–water partition coefficient (Wildman–Crippen LogP) is 3.52. The number of hydrogen-bond donors (Lipinski definition) is 1. The molecule has 0 aliphatic carbocycles. The van der Waals surface area contributed by atoms with Crippen LogP contribution in [0.15, 0.2) is 56.6 Å². The highest BCUT2D eigenvalue weighted by molar-refractivity contribution is 5.93. The van der Waals surface area contributed by atoms with E-state index in [4.69, 9.17) is 14.4 Å². The second-order valence-corrected chi connectivity index (χ2v) is 7.83. The Labute approximate surface area is 194 Å². The number of benzene rings is 2. The van der Waals surface area contributed by atoms with Gasteiger partial charge in [-0.15, -0.1) is 0 Å². The maximum Gasteiger partial charge on any atom is 0.431 e. The first-order valence-corrected chi connectivity index (χ1v) is 10.2. The molecule has 4 aromatic rings. The molecule has 0 saturated heterocycles. The molecule has 1 atom stereocenters. The molecule has 0 radical (unpaired) electrons. The highest BCUT2D eigenvalue weighted by Gasteiger charge is 2.35. The van der Waals surface area contributed by atoms with Crippen molar-refractivity contribution in [3.8, 4) is 22.7 Å². The van der Waals surface area contributed by atoms with Gasteiger partial charge in [0.1, 0.15) is 17.1 Å². The Bertz CT molecular complexity index is 1580. The third kappa shape index (κ3) is 4.29. The van der Waals surface area contributed by atoms with Gasteiger partial charge in [-0.25, -0.2) is 14.2 Å². The second kappa shape index (κ2) is 8.46. The van der Waals surface area contributed by atoms with E-state index in [0.717, 1.165) is 12.6 Å². The zero-order chi connectivity index (χ0) is 25.7. The van der Waals surface area contributed by atoms with Crippen LogP contribution >= 0.6 is 0 Å². The lowest BCUT2D eigenvalue weighted by atomic mass is 10.0. The average Bonchev–Trinajstić information content (AvgIpc) is 3.20. The topological polar surface area (TPSA) is 117 Å². The van der Waals surface area contributed by atoms with E-state index in [1.165, 1.54) is 25.1 Å². The van der Waals surface area contributed by atoms with Gasteiger partial charge in [0.25, 0.3) is 5.56 Å². The van der Waals surface area contributed by atoms with E-state index in [1.807, 2.05) is 0 Å². The third-order valence-corrected chi connectivity index (χ3v) is 5.45. The Hall–Kier alpha value is -4.35. The molecule has 0 fully saturated rings. The van der Waals surface area contributed by atoms with Crippen LogP contribution in [-0.2, 0) is 18.0 Å². The highest BCUT2D eigenvalue weighted by Crippen LogP contribution is 2.34. The van der Waals surface area contributed by atoms with Crippen LogP contribution in [0.3, 0.4) is 0 Å². The summed E-state index contributed by atoms with van der Waals surface area (Å²) in [5.74, 6) is -0.882. The number of nitrogens with zero attached hydrogens (tertiary/aromatic N) is 3. The minimum absolute atomic E-state index is 0.0193. The van der Waals surface area contributed by atoms with E-state index in [0.29, 0.717) is 37.4 Å². The second-order valence-electron chi connectivity index (χ2n) is 7.83. The van der Waals surface area contributed by atoms with Gasteiger partial charge in [-0.3, -0.25) is 9.36 Å². The summed E-state index contributed by atoms with van der Waals surface area (Å²) in [6.45, 7) is 3.15. The van der Waals surface area contributed by atoms with Crippen molar-refractivity contribution in [3.63, 3.8) is 0 Å². The fraction of sp³-hybridized carbons (Fsp3) is 0.217. The number of alkyl halides is 3. The number of ether oxygens (including phenoxy) is 1. The van der Waals surface area contributed by atoms with Crippen LogP contribution in [0.2, 0.25) is 0 Å². The number of halogens is 3. The zero-order valence-electron chi connectivity index (χ0n) is 18.6. The van der Waals surface area contributed by atoms with Gasteiger partial charge in [0, 0.05) is 18.7 Å². The molecular formula is C23H18F3N3O6. The van der Waals surface area contributed by atoms with Crippen molar-refractivity contribution in [3.05, 3.63) is 74.6 Å². The van der Waals surface area contributed by atoms with E-state index in [-0.39, 0.29) is 11.4 Å². The molecule has 0 bridgehead atoms. The van der Waals surface area contributed by atoms with Gasteiger partial charge in [-0.05, 0) is 49.7 Å². The standard InChI is InChI=1S/C23H18F3N3O6/c1-11-4-6-14(34-12(2)21(31)32)9-15(11)20-16-8-13(5-7-17(16)35-27-20)29-19(30)10-18(23(24,25)26)28(3)22(29)33/h4-10,12H,1-3H3,(H,31,32). The maximum atomic E-state index is 13.2. The summed E-state index contributed by atoms with van der Waals surface area (Å²) in [5, 5.41) is 13.5. The lowest BCUT2D eigenvalue weighted by Crippen LogP contribution is -2.40. The van der Waals surface area contributed by atoms with Gasteiger partial charge in [-0.2, -0.15) is 13.2 Å². The van der Waals surface area contributed by atoms with Gasteiger partial charge >= 0.3 is 17.8 Å². The van der Waals surface area contributed by atoms with Crippen molar-refractivity contribution in [2.45, 2.75) is 26.1 Å². The summed E-state index contributed by atoms with van der Waals surface area (Å²) < 4.78 is 51.3. The number of hydrogen-bond acceptors (Lipinski definition) is 6. The number of rotatable bonds is 5. The number of fused-ring (bicyclic) bond motifs is 1. The monoisotopic (exact) mass is 489 g/mol. The molecule has 1 unspecified atom stereocenters. The number of aromatic nitrogens is 3. The molecule has 0 spiro atoms. The maximum absolute atomic E-state index is 13.2. The predicted molar refractivity (Wildman–Crippen MR) is 118 cm³/mol. The van der Waals surface area contributed by atoms with Gasteiger partial charge in [-0.1, -0.05) is 11.2 Å². The Kier molecular flexibility index (Phi) is 5.75. The van der Waals surface area contributed by atoms with Crippen LogP contribution in [0.4, 0.5) is 13.2 Å². The molecule has 1 N–H and O–H groups in total. The van der Waals surface area contributed by atoms with Crippen LogP contribution in [0.5, 0.6) is 5.75 Å². The van der Waals surface area contributed by atoms with Crippen molar-refractivity contribution in [1.82, 2.24) is 14.3 Å². The Morgan fingerprint density at radius 1 is 1.14 bits per heavy atom.